The zero-order chi connectivity index (χ0) is 11.5. The summed E-state index contributed by atoms with van der Waals surface area (Å²) in [6.45, 7) is 5.86. The number of halogens is 1. The molecule has 1 nitrogen and oxygen atoms in total. The normalized spacial score (nSPS) is 14.4. The zero-order valence-corrected chi connectivity index (χ0v) is 10.7. The summed E-state index contributed by atoms with van der Waals surface area (Å²) in [5.41, 5.74) is 1.01. The lowest BCUT2D eigenvalue weighted by molar-refractivity contribution is 0.656. The first kappa shape index (κ1) is 12.5. The third kappa shape index (κ3) is 4.18. The molecule has 0 N–H and O–H groups in total. The Hall–Kier alpha value is -0.600. The van der Waals surface area contributed by atoms with E-state index in [9.17, 15) is 4.21 Å². The Bertz CT molecular complexity index is 374. The van der Waals surface area contributed by atoms with E-state index < -0.39 is 10.8 Å². The van der Waals surface area contributed by atoms with E-state index in [1.165, 1.54) is 0 Å². The van der Waals surface area contributed by atoms with E-state index in [0.717, 1.165) is 5.56 Å². The highest BCUT2D eigenvalue weighted by Crippen LogP contribution is 2.15. The lowest BCUT2D eigenvalue weighted by atomic mass is 10.2. The van der Waals surface area contributed by atoms with Gasteiger partial charge in [0.05, 0.1) is 10.8 Å². The van der Waals surface area contributed by atoms with Gasteiger partial charge in [-0.1, -0.05) is 23.7 Å². The van der Waals surface area contributed by atoms with Crippen LogP contribution >= 0.6 is 11.6 Å². The predicted octanol–water partition coefficient (Wildman–Crippen LogP) is 3.86. The molecule has 0 bridgehead atoms. The molecule has 0 radical (unpaired) electrons. The molecule has 0 aliphatic heterocycles. The highest BCUT2D eigenvalue weighted by atomic mass is 35.5. The molecule has 15 heavy (non-hydrogen) atoms. The highest BCUT2D eigenvalue weighted by Gasteiger charge is 2.16. The van der Waals surface area contributed by atoms with Crippen molar-refractivity contribution in [1.82, 2.24) is 0 Å². The van der Waals surface area contributed by atoms with E-state index in [4.69, 9.17) is 11.6 Å². The maximum absolute atomic E-state index is 11.7. The van der Waals surface area contributed by atoms with Crippen LogP contribution in [0.3, 0.4) is 0 Å². The van der Waals surface area contributed by atoms with E-state index in [1.807, 2.05) is 51.1 Å². The first-order chi connectivity index (χ1) is 6.89. The molecule has 0 amide bonds. The fourth-order valence-corrected chi connectivity index (χ4v) is 1.73. The summed E-state index contributed by atoms with van der Waals surface area (Å²) in [4.78, 5) is 0. The summed E-state index contributed by atoms with van der Waals surface area (Å²) in [7, 11) is -0.957. The van der Waals surface area contributed by atoms with E-state index in [1.54, 1.807) is 5.41 Å². The predicted molar refractivity (Wildman–Crippen MR) is 68.4 cm³/mol. The molecule has 1 aromatic rings. The summed E-state index contributed by atoms with van der Waals surface area (Å²) in [5, 5.41) is 2.44. The number of benzene rings is 1. The van der Waals surface area contributed by atoms with Gasteiger partial charge in [-0.25, -0.2) is 0 Å². The number of hydrogen-bond acceptors (Lipinski definition) is 1. The molecule has 0 heterocycles. The molecule has 0 saturated heterocycles. The molecule has 0 spiro atoms. The van der Waals surface area contributed by atoms with Gasteiger partial charge < -0.3 is 0 Å². The fourth-order valence-electron chi connectivity index (χ4n) is 0.918. The van der Waals surface area contributed by atoms with Crippen molar-refractivity contribution in [2.24, 2.45) is 0 Å². The third-order valence-electron chi connectivity index (χ3n) is 1.86. The van der Waals surface area contributed by atoms with Gasteiger partial charge in [0.15, 0.2) is 0 Å². The Morgan fingerprint density at radius 2 is 1.73 bits per heavy atom. The Kier molecular flexibility index (Phi) is 4.12. The van der Waals surface area contributed by atoms with Crippen molar-refractivity contribution in [1.29, 1.82) is 0 Å². The maximum Gasteiger partial charge on any atom is 0.0510 e. The van der Waals surface area contributed by atoms with Crippen LogP contribution in [0, 0.1) is 0 Å². The summed E-state index contributed by atoms with van der Waals surface area (Å²) < 4.78 is 11.5. The molecule has 0 fully saturated rings. The number of rotatable bonds is 2. The second-order valence-electron chi connectivity index (χ2n) is 4.26. The number of hydrogen-bond donors (Lipinski definition) is 0. The quantitative estimate of drug-likeness (QED) is 0.770. The lowest BCUT2D eigenvalue weighted by Gasteiger charge is -2.13. The van der Waals surface area contributed by atoms with E-state index in [-0.39, 0.29) is 4.75 Å². The summed E-state index contributed by atoms with van der Waals surface area (Å²) in [6.07, 6.45) is 1.86. The molecule has 0 aliphatic rings. The van der Waals surface area contributed by atoms with E-state index in [2.05, 4.69) is 0 Å². The Morgan fingerprint density at radius 3 is 2.20 bits per heavy atom. The summed E-state index contributed by atoms with van der Waals surface area (Å²) in [6, 6.07) is 7.44. The molecule has 1 rings (SSSR count). The van der Waals surface area contributed by atoms with Gasteiger partial charge in [0.1, 0.15) is 0 Å². The van der Waals surface area contributed by atoms with Crippen LogP contribution in [0.4, 0.5) is 0 Å². The second kappa shape index (κ2) is 4.95. The lowest BCUT2D eigenvalue weighted by Crippen LogP contribution is -2.19. The third-order valence-corrected chi connectivity index (χ3v) is 3.70. The smallest absolute Gasteiger partial charge is 0.0510 e. The fraction of sp³-hybridized carbons (Fsp3) is 0.333. The average molecular weight is 243 g/mol. The maximum atomic E-state index is 11.7. The Morgan fingerprint density at radius 1 is 1.20 bits per heavy atom. The van der Waals surface area contributed by atoms with Crippen LogP contribution in [0.15, 0.2) is 29.7 Å². The topological polar surface area (TPSA) is 17.1 Å². The molecule has 82 valence electrons. The van der Waals surface area contributed by atoms with Crippen LogP contribution in [0.25, 0.3) is 6.08 Å². The van der Waals surface area contributed by atoms with Gasteiger partial charge in [0.2, 0.25) is 0 Å². The van der Waals surface area contributed by atoms with Gasteiger partial charge in [-0.05, 0) is 44.5 Å². The highest BCUT2D eigenvalue weighted by molar-refractivity contribution is 7.89. The van der Waals surface area contributed by atoms with Gasteiger partial charge >= 0.3 is 0 Å². The van der Waals surface area contributed by atoms with Crippen LogP contribution in [0.5, 0.6) is 0 Å². The van der Waals surface area contributed by atoms with Crippen LogP contribution in [-0.4, -0.2) is 8.96 Å². The SMILES string of the molecule is CC(C)(C)S(=O)/C=C/c1ccc(Cl)cc1. The van der Waals surface area contributed by atoms with Gasteiger partial charge in [0.25, 0.3) is 0 Å². The first-order valence-electron chi connectivity index (χ1n) is 4.74. The molecular weight excluding hydrogens is 228 g/mol. The molecule has 0 aromatic heterocycles. The Labute approximate surface area is 98.6 Å². The van der Waals surface area contributed by atoms with Gasteiger partial charge in [-0.15, -0.1) is 0 Å². The Balaban J connectivity index is 2.74. The zero-order valence-electron chi connectivity index (χ0n) is 9.16. The molecular formula is C12H15ClOS. The van der Waals surface area contributed by atoms with Crippen molar-refractivity contribution in [3.05, 3.63) is 40.3 Å². The van der Waals surface area contributed by atoms with Crippen molar-refractivity contribution in [2.45, 2.75) is 25.5 Å². The standard InChI is InChI=1S/C12H15ClOS/c1-12(2,3)15(14)9-8-10-4-6-11(13)7-5-10/h4-9H,1-3H3/b9-8+. The van der Waals surface area contributed by atoms with Crippen LogP contribution in [0.1, 0.15) is 26.3 Å². The van der Waals surface area contributed by atoms with Crippen LogP contribution in [0.2, 0.25) is 5.02 Å². The molecule has 0 saturated carbocycles. The second-order valence-corrected chi connectivity index (χ2v) is 6.79. The minimum absolute atomic E-state index is 0.205. The molecule has 0 aliphatic carbocycles. The minimum atomic E-state index is -0.957. The van der Waals surface area contributed by atoms with Crippen molar-refractivity contribution in [3.63, 3.8) is 0 Å². The van der Waals surface area contributed by atoms with Crippen molar-refractivity contribution in [3.8, 4) is 0 Å². The summed E-state index contributed by atoms with van der Waals surface area (Å²) >= 11 is 5.76. The average Bonchev–Trinajstić information content (AvgIpc) is 2.15. The van der Waals surface area contributed by atoms with Gasteiger partial charge in [-0.3, -0.25) is 4.21 Å². The minimum Gasteiger partial charge on any atom is -0.254 e. The van der Waals surface area contributed by atoms with Crippen LogP contribution in [-0.2, 0) is 10.8 Å². The van der Waals surface area contributed by atoms with Crippen LogP contribution < -0.4 is 0 Å². The van der Waals surface area contributed by atoms with Crippen molar-refractivity contribution >= 4 is 28.5 Å². The van der Waals surface area contributed by atoms with E-state index >= 15 is 0 Å². The monoisotopic (exact) mass is 242 g/mol. The molecule has 1 unspecified atom stereocenters. The summed E-state index contributed by atoms with van der Waals surface area (Å²) in [5.74, 6) is 0. The first-order valence-corrected chi connectivity index (χ1v) is 6.33. The largest absolute Gasteiger partial charge is 0.254 e. The molecule has 1 aromatic carbocycles. The van der Waals surface area contributed by atoms with Crippen molar-refractivity contribution in [2.75, 3.05) is 0 Å². The molecule has 1 atom stereocenters. The van der Waals surface area contributed by atoms with E-state index in [0.29, 0.717) is 5.02 Å². The molecule has 3 heteroatoms. The van der Waals surface area contributed by atoms with Crippen molar-refractivity contribution < 1.29 is 4.21 Å². The van der Waals surface area contributed by atoms with Gasteiger partial charge in [-0.2, -0.15) is 0 Å². The van der Waals surface area contributed by atoms with Gasteiger partial charge in [0, 0.05) is 15.2 Å².